The van der Waals surface area contributed by atoms with E-state index in [0.29, 0.717) is 10.8 Å². The van der Waals surface area contributed by atoms with E-state index in [0.717, 1.165) is 17.8 Å². The first-order valence-corrected chi connectivity index (χ1v) is 6.21. The van der Waals surface area contributed by atoms with Crippen molar-refractivity contribution in [2.24, 2.45) is 28.6 Å². The highest BCUT2D eigenvalue weighted by Gasteiger charge is 2.57. The van der Waals surface area contributed by atoms with Gasteiger partial charge in [0.05, 0.1) is 0 Å². The average molecular weight is 190 g/mol. The Morgan fingerprint density at radius 1 is 1.29 bits per heavy atom. The van der Waals surface area contributed by atoms with E-state index >= 15 is 0 Å². The van der Waals surface area contributed by atoms with Crippen LogP contribution in [0, 0.1) is 28.6 Å². The molecule has 4 aliphatic rings. The second-order valence-electron chi connectivity index (χ2n) is 6.66. The average Bonchev–Trinajstić information content (AvgIpc) is 2.12. The van der Waals surface area contributed by atoms with E-state index in [-0.39, 0.29) is 0 Å². The van der Waals surface area contributed by atoms with Crippen molar-refractivity contribution in [3.8, 4) is 0 Å². The fourth-order valence-corrected chi connectivity index (χ4v) is 5.15. The molecule has 0 saturated heterocycles. The van der Waals surface area contributed by atoms with E-state index in [1.54, 1.807) is 0 Å². The molecule has 5 atom stereocenters. The number of hydrogen-bond donors (Lipinski definition) is 0. The van der Waals surface area contributed by atoms with Gasteiger partial charge in [0.2, 0.25) is 0 Å². The van der Waals surface area contributed by atoms with E-state index in [9.17, 15) is 0 Å². The first-order valence-electron chi connectivity index (χ1n) is 6.21. The van der Waals surface area contributed by atoms with Crippen molar-refractivity contribution in [1.82, 2.24) is 0 Å². The molecule has 0 spiro atoms. The zero-order chi connectivity index (χ0) is 9.97. The van der Waals surface area contributed by atoms with Gasteiger partial charge in [-0.25, -0.2) is 0 Å². The quantitative estimate of drug-likeness (QED) is 0.548. The summed E-state index contributed by atoms with van der Waals surface area (Å²) < 4.78 is 0. The van der Waals surface area contributed by atoms with Gasteiger partial charge in [0, 0.05) is 0 Å². The molecular weight excluding hydrogens is 168 g/mol. The van der Waals surface area contributed by atoms with Crippen LogP contribution in [0.5, 0.6) is 0 Å². The minimum absolute atomic E-state index is 0.549. The molecular formula is C14H22. The van der Waals surface area contributed by atoms with Crippen molar-refractivity contribution < 1.29 is 0 Å². The van der Waals surface area contributed by atoms with Gasteiger partial charge in [0.1, 0.15) is 0 Å². The second-order valence-corrected chi connectivity index (χ2v) is 6.66. The van der Waals surface area contributed by atoms with Crippen LogP contribution in [0.3, 0.4) is 0 Å². The summed E-state index contributed by atoms with van der Waals surface area (Å²) in [5, 5.41) is 0. The molecule has 0 aliphatic heterocycles. The smallest absolute Gasteiger partial charge is 0.0110 e. The standard InChI is InChI=1S/C14H22/c1-4-14-7-11-5-12(8-14)10(2)13(3,6-11)9-14/h4,10-12H,1,5-9H2,2-3H3. The van der Waals surface area contributed by atoms with Gasteiger partial charge in [-0.2, -0.15) is 0 Å². The Balaban J connectivity index is 2.02. The highest BCUT2D eigenvalue weighted by molar-refractivity contribution is 5.13. The minimum Gasteiger partial charge on any atom is -0.103 e. The zero-order valence-corrected chi connectivity index (χ0v) is 9.55. The van der Waals surface area contributed by atoms with Crippen molar-refractivity contribution in [3.63, 3.8) is 0 Å². The molecule has 0 N–H and O–H groups in total. The fourth-order valence-electron chi connectivity index (χ4n) is 5.15. The minimum atomic E-state index is 0.549. The molecule has 0 heterocycles. The summed E-state index contributed by atoms with van der Waals surface area (Å²) in [7, 11) is 0. The van der Waals surface area contributed by atoms with Crippen molar-refractivity contribution in [3.05, 3.63) is 12.7 Å². The summed E-state index contributed by atoms with van der Waals surface area (Å²) in [5.74, 6) is 3.01. The normalized spacial score (nSPS) is 60.3. The lowest BCUT2D eigenvalue weighted by atomic mass is 9.41. The fraction of sp³-hybridized carbons (Fsp3) is 0.857. The maximum absolute atomic E-state index is 4.11. The van der Waals surface area contributed by atoms with Crippen molar-refractivity contribution in [2.45, 2.75) is 46.0 Å². The van der Waals surface area contributed by atoms with Gasteiger partial charge in [-0.3, -0.25) is 0 Å². The summed E-state index contributed by atoms with van der Waals surface area (Å²) in [4.78, 5) is 0. The van der Waals surface area contributed by atoms with Crippen LogP contribution in [0.1, 0.15) is 46.0 Å². The molecule has 0 radical (unpaired) electrons. The van der Waals surface area contributed by atoms with Crippen LogP contribution in [0.4, 0.5) is 0 Å². The molecule has 4 saturated carbocycles. The topological polar surface area (TPSA) is 0 Å². The largest absolute Gasteiger partial charge is 0.103 e. The summed E-state index contributed by atoms with van der Waals surface area (Å²) in [6.45, 7) is 9.14. The number of allylic oxidation sites excluding steroid dienone is 1. The highest BCUT2D eigenvalue weighted by atomic mass is 14.6. The van der Waals surface area contributed by atoms with Crippen LogP contribution in [0.2, 0.25) is 0 Å². The van der Waals surface area contributed by atoms with Gasteiger partial charge < -0.3 is 0 Å². The van der Waals surface area contributed by atoms with E-state index in [4.69, 9.17) is 0 Å². The Morgan fingerprint density at radius 3 is 2.71 bits per heavy atom. The Hall–Kier alpha value is -0.260. The van der Waals surface area contributed by atoms with Crippen LogP contribution >= 0.6 is 0 Å². The third-order valence-corrected chi connectivity index (χ3v) is 5.75. The predicted octanol–water partition coefficient (Wildman–Crippen LogP) is 4.02. The Labute approximate surface area is 87.8 Å². The maximum Gasteiger partial charge on any atom is -0.0110 e. The lowest BCUT2D eigenvalue weighted by molar-refractivity contribution is -0.121. The van der Waals surface area contributed by atoms with Gasteiger partial charge in [-0.1, -0.05) is 19.9 Å². The molecule has 0 aromatic heterocycles. The molecule has 0 nitrogen and oxygen atoms in total. The van der Waals surface area contributed by atoms with Crippen molar-refractivity contribution in [2.75, 3.05) is 0 Å². The lowest BCUT2D eigenvalue weighted by Crippen LogP contribution is -2.54. The van der Waals surface area contributed by atoms with E-state index in [1.165, 1.54) is 32.1 Å². The van der Waals surface area contributed by atoms with Crippen LogP contribution < -0.4 is 0 Å². The first kappa shape index (κ1) is 9.00. The zero-order valence-electron chi connectivity index (χ0n) is 9.55. The number of rotatable bonds is 1. The van der Waals surface area contributed by atoms with Crippen molar-refractivity contribution in [1.29, 1.82) is 0 Å². The van der Waals surface area contributed by atoms with E-state index < -0.39 is 0 Å². The van der Waals surface area contributed by atoms with Gasteiger partial charge in [0.25, 0.3) is 0 Å². The summed E-state index contributed by atoms with van der Waals surface area (Å²) in [6, 6.07) is 0. The first-order chi connectivity index (χ1) is 6.57. The number of hydrogen-bond acceptors (Lipinski definition) is 0. The summed E-state index contributed by atoms with van der Waals surface area (Å²) in [5.41, 5.74) is 1.20. The summed E-state index contributed by atoms with van der Waals surface area (Å²) in [6.07, 6.45) is 9.65. The highest BCUT2D eigenvalue weighted by Crippen LogP contribution is 2.67. The SMILES string of the molecule is C=CC12CC3CC(C1)C(C)C(C)(C3)C2. The third kappa shape index (κ3) is 0.951. The second kappa shape index (κ2) is 2.46. The molecule has 14 heavy (non-hydrogen) atoms. The van der Waals surface area contributed by atoms with Gasteiger partial charge >= 0.3 is 0 Å². The van der Waals surface area contributed by atoms with Gasteiger partial charge in [0.15, 0.2) is 0 Å². The van der Waals surface area contributed by atoms with Crippen LogP contribution in [-0.4, -0.2) is 0 Å². The molecule has 0 aromatic carbocycles. The molecule has 4 rings (SSSR count). The lowest BCUT2D eigenvalue weighted by Gasteiger charge is -2.63. The molecule has 5 unspecified atom stereocenters. The molecule has 0 heteroatoms. The molecule has 0 amide bonds. The molecule has 4 fully saturated rings. The van der Waals surface area contributed by atoms with E-state index in [1.807, 2.05) is 0 Å². The van der Waals surface area contributed by atoms with Crippen molar-refractivity contribution >= 4 is 0 Å². The van der Waals surface area contributed by atoms with Gasteiger partial charge in [-0.15, -0.1) is 6.58 Å². The molecule has 4 bridgehead atoms. The predicted molar refractivity (Wildman–Crippen MR) is 60.0 cm³/mol. The van der Waals surface area contributed by atoms with Crippen LogP contribution in [-0.2, 0) is 0 Å². The maximum atomic E-state index is 4.11. The van der Waals surface area contributed by atoms with Gasteiger partial charge in [-0.05, 0) is 60.7 Å². The third-order valence-electron chi connectivity index (χ3n) is 5.75. The monoisotopic (exact) mass is 190 g/mol. The molecule has 78 valence electrons. The molecule has 4 aliphatic carbocycles. The van der Waals surface area contributed by atoms with Crippen LogP contribution in [0.15, 0.2) is 12.7 Å². The Bertz CT molecular complexity index is 280. The summed E-state index contributed by atoms with van der Waals surface area (Å²) >= 11 is 0. The Morgan fingerprint density at radius 2 is 2.07 bits per heavy atom. The molecule has 0 aromatic rings. The Kier molecular flexibility index (Phi) is 1.58. The van der Waals surface area contributed by atoms with E-state index in [2.05, 4.69) is 26.5 Å². The van der Waals surface area contributed by atoms with Crippen LogP contribution in [0.25, 0.3) is 0 Å².